The van der Waals surface area contributed by atoms with Crippen molar-refractivity contribution in [3.05, 3.63) is 0 Å². The van der Waals surface area contributed by atoms with Crippen molar-refractivity contribution in [1.82, 2.24) is 10.6 Å². The van der Waals surface area contributed by atoms with Crippen molar-refractivity contribution >= 4 is 5.91 Å². The largest absolute Gasteiger partial charge is 0.392 e. The summed E-state index contributed by atoms with van der Waals surface area (Å²) >= 11 is 0. The van der Waals surface area contributed by atoms with E-state index >= 15 is 0 Å². The highest BCUT2D eigenvalue weighted by atomic mass is 16.3. The van der Waals surface area contributed by atoms with Crippen molar-refractivity contribution in [3.8, 4) is 0 Å². The van der Waals surface area contributed by atoms with Gasteiger partial charge in [0.15, 0.2) is 0 Å². The first-order valence-corrected chi connectivity index (χ1v) is 4.86. The van der Waals surface area contributed by atoms with Crippen LogP contribution >= 0.6 is 0 Å². The lowest BCUT2D eigenvalue weighted by Gasteiger charge is -2.15. The molecule has 0 radical (unpaired) electrons. The van der Waals surface area contributed by atoms with Crippen molar-refractivity contribution in [1.29, 1.82) is 0 Å². The first-order chi connectivity index (χ1) is 6.24. The molecule has 4 nitrogen and oxygen atoms in total. The molecule has 0 heterocycles. The zero-order chi connectivity index (χ0) is 9.68. The molecule has 0 spiro atoms. The van der Waals surface area contributed by atoms with Gasteiger partial charge >= 0.3 is 0 Å². The molecular formula is C9H18N2O2. The van der Waals surface area contributed by atoms with E-state index in [1.807, 2.05) is 0 Å². The number of hydrogen-bond donors (Lipinski definition) is 3. The number of rotatable bonds is 4. The summed E-state index contributed by atoms with van der Waals surface area (Å²) in [6, 6.07) is 0.199. The third-order valence-electron chi connectivity index (χ3n) is 2.52. The second-order valence-corrected chi connectivity index (χ2v) is 3.48. The highest BCUT2D eigenvalue weighted by Gasteiger charge is 2.24. The van der Waals surface area contributed by atoms with Gasteiger partial charge in [-0.15, -0.1) is 0 Å². The molecule has 0 aromatic carbocycles. The van der Waals surface area contributed by atoms with Gasteiger partial charge < -0.3 is 15.7 Å². The lowest BCUT2D eigenvalue weighted by atomic mass is 10.2. The van der Waals surface area contributed by atoms with Crippen LogP contribution in [0, 0.1) is 0 Å². The first-order valence-electron chi connectivity index (χ1n) is 4.86. The van der Waals surface area contributed by atoms with E-state index in [1.54, 1.807) is 7.05 Å². The average molecular weight is 186 g/mol. The minimum Gasteiger partial charge on any atom is -0.392 e. The number of hydrogen-bond acceptors (Lipinski definition) is 3. The highest BCUT2D eigenvalue weighted by Crippen LogP contribution is 2.18. The summed E-state index contributed by atoms with van der Waals surface area (Å²) in [5.74, 6) is 0.0417. The maximum Gasteiger partial charge on any atom is 0.221 e. The summed E-state index contributed by atoms with van der Waals surface area (Å²) in [6.45, 7) is 0.654. The van der Waals surface area contributed by atoms with Crippen LogP contribution in [-0.2, 0) is 4.79 Å². The van der Waals surface area contributed by atoms with E-state index in [0.717, 1.165) is 19.3 Å². The van der Waals surface area contributed by atoms with Crippen molar-refractivity contribution in [2.75, 3.05) is 13.6 Å². The van der Waals surface area contributed by atoms with E-state index in [0.29, 0.717) is 13.0 Å². The van der Waals surface area contributed by atoms with E-state index in [2.05, 4.69) is 10.6 Å². The molecule has 1 aliphatic carbocycles. The molecule has 1 rings (SSSR count). The normalized spacial score (nSPS) is 27.5. The third kappa shape index (κ3) is 3.32. The number of carbonyl (C=O) groups is 1. The van der Waals surface area contributed by atoms with Gasteiger partial charge in [0.1, 0.15) is 0 Å². The fourth-order valence-electron chi connectivity index (χ4n) is 1.67. The summed E-state index contributed by atoms with van der Waals surface area (Å²) in [7, 11) is 1.63. The summed E-state index contributed by atoms with van der Waals surface area (Å²) in [5.41, 5.74) is 0. The van der Waals surface area contributed by atoms with Crippen LogP contribution in [-0.4, -0.2) is 36.8 Å². The molecule has 1 aliphatic rings. The Hall–Kier alpha value is -0.610. The Morgan fingerprint density at radius 2 is 2.31 bits per heavy atom. The summed E-state index contributed by atoms with van der Waals surface area (Å²) in [5, 5.41) is 15.2. The van der Waals surface area contributed by atoms with Gasteiger partial charge in [-0.25, -0.2) is 0 Å². The maximum atomic E-state index is 10.9. The molecule has 1 fully saturated rings. The first kappa shape index (κ1) is 10.5. The lowest BCUT2D eigenvalue weighted by molar-refractivity contribution is -0.120. The van der Waals surface area contributed by atoms with Gasteiger partial charge in [0.25, 0.3) is 0 Å². The van der Waals surface area contributed by atoms with Crippen LogP contribution in [0.15, 0.2) is 0 Å². The van der Waals surface area contributed by atoms with Gasteiger partial charge in [-0.3, -0.25) is 4.79 Å². The zero-order valence-electron chi connectivity index (χ0n) is 8.05. The second kappa shape index (κ2) is 5.19. The van der Waals surface area contributed by atoms with E-state index in [9.17, 15) is 9.90 Å². The average Bonchev–Trinajstić information content (AvgIpc) is 2.52. The van der Waals surface area contributed by atoms with Gasteiger partial charge in [0, 0.05) is 26.1 Å². The van der Waals surface area contributed by atoms with Crippen LogP contribution in [0.1, 0.15) is 25.7 Å². The Morgan fingerprint density at radius 3 is 2.85 bits per heavy atom. The second-order valence-electron chi connectivity index (χ2n) is 3.48. The fourth-order valence-corrected chi connectivity index (χ4v) is 1.67. The van der Waals surface area contributed by atoms with Crippen molar-refractivity contribution in [2.24, 2.45) is 0 Å². The van der Waals surface area contributed by atoms with Gasteiger partial charge in [0.2, 0.25) is 5.91 Å². The quantitative estimate of drug-likeness (QED) is 0.561. The van der Waals surface area contributed by atoms with Crippen LogP contribution in [0.25, 0.3) is 0 Å². The Morgan fingerprint density at radius 1 is 1.54 bits per heavy atom. The molecule has 1 saturated carbocycles. The lowest BCUT2D eigenvalue weighted by Crippen LogP contribution is -2.37. The molecule has 76 valence electrons. The van der Waals surface area contributed by atoms with E-state index in [1.165, 1.54) is 0 Å². The monoisotopic (exact) mass is 186 g/mol. The van der Waals surface area contributed by atoms with Gasteiger partial charge in [-0.1, -0.05) is 0 Å². The molecule has 0 aliphatic heterocycles. The Bertz CT molecular complexity index is 173. The molecular weight excluding hydrogens is 168 g/mol. The van der Waals surface area contributed by atoms with Crippen LogP contribution in [0.3, 0.4) is 0 Å². The number of aliphatic hydroxyl groups excluding tert-OH is 1. The van der Waals surface area contributed by atoms with E-state index in [-0.39, 0.29) is 18.1 Å². The van der Waals surface area contributed by atoms with Gasteiger partial charge in [-0.2, -0.15) is 0 Å². The highest BCUT2D eigenvalue weighted by molar-refractivity contribution is 5.75. The fraction of sp³-hybridized carbons (Fsp3) is 0.889. The summed E-state index contributed by atoms with van der Waals surface area (Å²) in [4.78, 5) is 10.9. The molecule has 0 bridgehead atoms. The van der Waals surface area contributed by atoms with Gasteiger partial charge in [0.05, 0.1) is 6.10 Å². The molecule has 4 heteroatoms. The molecule has 1 amide bonds. The van der Waals surface area contributed by atoms with Crippen LogP contribution < -0.4 is 10.6 Å². The Kier molecular flexibility index (Phi) is 4.18. The Labute approximate surface area is 78.7 Å². The third-order valence-corrected chi connectivity index (χ3v) is 2.52. The van der Waals surface area contributed by atoms with E-state index < -0.39 is 0 Å². The summed E-state index contributed by atoms with van der Waals surface area (Å²) < 4.78 is 0. The van der Waals surface area contributed by atoms with Crippen LogP contribution in [0.4, 0.5) is 0 Å². The van der Waals surface area contributed by atoms with Crippen molar-refractivity contribution < 1.29 is 9.90 Å². The van der Waals surface area contributed by atoms with Crippen LogP contribution in [0.5, 0.6) is 0 Å². The molecule has 0 aromatic rings. The number of aliphatic hydroxyl groups is 1. The molecule has 3 N–H and O–H groups in total. The summed E-state index contributed by atoms with van der Waals surface area (Å²) in [6.07, 6.45) is 3.26. The predicted molar refractivity (Wildman–Crippen MR) is 50.3 cm³/mol. The smallest absolute Gasteiger partial charge is 0.221 e. The number of amides is 1. The molecule has 0 saturated heterocycles. The predicted octanol–water partition coefficient (Wildman–Crippen LogP) is -0.374. The topological polar surface area (TPSA) is 61.4 Å². The standard InChI is InChI=1S/C9H18N2O2/c1-10-9(13)5-6-11-7-3-2-4-8(7)12/h7-8,11-12H,2-6H2,1H3,(H,10,13)/t7-,8-/m0/s1. The molecule has 0 unspecified atom stereocenters. The van der Waals surface area contributed by atoms with Crippen LogP contribution in [0.2, 0.25) is 0 Å². The molecule has 13 heavy (non-hydrogen) atoms. The minimum absolute atomic E-state index is 0.0417. The number of nitrogens with one attached hydrogen (secondary N) is 2. The SMILES string of the molecule is CNC(=O)CCN[C@H]1CCC[C@@H]1O. The van der Waals surface area contributed by atoms with Crippen molar-refractivity contribution in [3.63, 3.8) is 0 Å². The van der Waals surface area contributed by atoms with Crippen molar-refractivity contribution in [2.45, 2.75) is 37.8 Å². The molecule has 0 aromatic heterocycles. The zero-order valence-corrected chi connectivity index (χ0v) is 8.05. The molecule has 2 atom stereocenters. The Balaban J connectivity index is 2.08. The maximum absolute atomic E-state index is 10.9. The number of carbonyl (C=O) groups excluding carboxylic acids is 1. The van der Waals surface area contributed by atoms with E-state index in [4.69, 9.17) is 0 Å². The minimum atomic E-state index is -0.218. The van der Waals surface area contributed by atoms with Gasteiger partial charge in [-0.05, 0) is 19.3 Å².